The largest absolute Gasteiger partial charge is 0.350 e. The molecular formula is C25H27FN6O3S. The Hall–Kier alpha value is -3.73. The van der Waals surface area contributed by atoms with Crippen molar-refractivity contribution in [2.24, 2.45) is 0 Å². The lowest BCUT2D eigenvalue weighted by Gasteiger charge is -2.14. The first kappa shape index (κ1) is 25.4. The van der Waals surface area contributed by atoms with E-state index in [4.69, 9.17) is 0 Å². The van der Waals surface area contributed by atoms with Crippen molar-refractivity contribution in [2.45, 2.75) is 51.4 Å². The molecule has 0 spiro atoms. The lowest BCUT2D eigenvalue weighted by Crippen LogP contribution is -2.32. The summed E-state index contributed by atoms with van der Waals surface area (Å²) in [6.07, 6.45) is 1.50. The van der Waals surface area contributed by atoms with Crippen LogP contribution in [-0.2, 0) is 11.3 Å². The van der Waals surface area contributed by atoms with Gasteiger partial charge in [-0.25, -0.2) is 4.39 Å². The summed E-state index contributed by atoms with van der Waals surface area (Å²) in [6, 6.07) is 10.6. The van der Waals surface area contributed by atoms with Gasteiger partial charge in [0.15, 0.2) is 5.16 Å². The summed E-state index contributed by atoms with van der Waals surface area (Å²) >= 11 is 1.13. The van der Waals surface area contributed by atoms with E-state index in [1.807, 2.05) is 20.8 Å². The van der Waals surface area contributed by atoms with Crippen LogP contribution in [-0.4, -0.2) is 42.8 Å². The van der Waals surface area contributed by atoms with E-state index in [1.54, 1.807) is 33.2 Å². The van der Waals surface area contributed by atoms with Crippen molar-refractivity contribution in [2.75, 3.05) is 11.1 Å². The monoisotopic (exact) mass is 510 g/mol. The Bertz CT molecular complexity index is 1500. The van der Waals surface area contributed by atoms with Gasteiger partial charge in [0.2, 0.25) is 11.7 Å². The Morgan fingerprint density at radius 3 is 2.67 bits per heavy atom. The minimum atomic E-state index is -0.447. The van der Waals surface area contributed by atoms with Gasteiger partial charge in [0.25, 0.3) is 11.5 Å². The zero-order valence-corrected chi connectivity index (χ0v) is 21.1. The van der Waals surface area contributed by atoms with E-state index < -0.39 is 5.82 Å². The van der Waals surface area contributed by atoms with E-state index in [-0.39, 0.29) is 29.2 Å². The third-order valence-corrected chi connectivity index (χ3v) is 6.64. The highest BCUT2D eigenvalue weighted by Crippen LogP contribution is 2.23. The van der Waals surface area contributed by atoms with Gasteiger partial charge < -0.3 is 10.6 Å². The molecule has 0 saturated carbocycles. The van der Waals surface area contributed by atoms with Gasteiger partial charge in [-0.05, 0) is 56.2 Å². The molecular weight excluding hydrogens is 483 g/mol. The molecule has 0 bridgehead atoms. The molecule has 2 heterocycles. The number of fused-ring (bicyclic) bond motifs is 3. The maximum Gasteiger partial charge on any atom is 0.262 e. The average molecular weight is 511 g/mol. The van der Waals surface area contributed by atoms with E-state index in [0.29, 0.717) is 46.1 Å². The molecule has 2 N–H and O–H groups in total. The van der Waals surface area contributed by atoms with Gasteiger partial charge in [-0.2, -0.15) is 0 Å². The molecule has 0 saturated heterocycles. The second kappa shape index (κ2) is 10.9. The number of aryl methyl sites for hydroxylation is 1. The first-order valence-electron chi connectivity index (χ1n) is 11.7. The summed E-state index contributed by atoms with van der Waals surface area (Å²) < 4.78 is 16.7. The molecule has 0 fully saturated rings. The highest BCUT2D eigenvalue weighted by molar-refractivity contribution is 7.99. The standard InChI is InChI=1S/C25H27FN6O3S/c1-4-11-31-23(35)19-10-9-16(22(34)27-15(3)5-2)12-20(19)32-24(31)29-30-25(32)36-14-21(33)28-18-8-6-7-17(26)13-18/h6-10,12-13,15H,4-5,11,14H2,1-3H3,(H,27,34)(H,28,33). The van der Waals surface area contributed by atoms with E-state index in [1.165, 1.54) is 18.2 Å². The number of thioether (sulfide) groups is 1. The van der Waals surface area contributed by atoms with Crippen LogP contribution in [0.2, 0.25) is 0 Å². The number of rotatable bonds is 9. The van der Waals surface area contributed by atoms with Crippen LogP contribution in [0.15, 0.2) is 52.4 Å². The molecule has 36 heavy (non-hydrogen) atoms. The Kier molecular flexibility index (Phi) is 7.68. The summed E-state index contributed by atoms with van der Waals surface area (Å²) in [6.45, 7) is 6.30. The molecule has 9 nitrogen and oxygen atoms in total. The molecule has 1 unspecified atom stereocenters. The van der Waals surface area contributed by atoms with E-state index in [2.05, 4.69) is 20.8 Å². The zero-order chi connectivity index (χ0) is 25.8. The second-order valence-corrected chi connectivity index (χ2v) is 9.38. The van der Waals surface area contributed by atoms with Gasteiger partial charge in [-0.1, -0.05) is 31.7 Å². The van der Waals surface area contributed by atoms with Gasteiger partial charge in [0.1, 0.15) is 5.82 Å². The maximum atomic E-state index is 13.4. The topological polar surface area (TPSA) is 110 Å². The number of nitrogens with one attached hydrogen (secondary N) is 2. The number of hydrogen-bond acceptors (Lipinski definition) is 6. The molecule has 11 heteroatoms. The number of carbonyl (C=O) groups excluding carboxylic acids is 2. The zero-order valence-electron chi connectivity index (χ0n) is 20.2. The van der Waals surface area contributed by atoms with Crippen LogP contribution in [0.4, 0.5) is 10.1 Å². The van der Waals surface area contributed by atoms with E-state index >= 15 is 0 Å². The molecule has 1 atom stereocenters. The fourth-order valence-corrected chi connectivity index (χ4v) is 4.48. The fraction of sp³-hybridized carbons (Fsp3) is 0.320. The number of carbonyl (C=O) groups is 2. The summed E-state index contributed by atoms with van der Waals surface area (Å²) in [5.41, 5.74) is 1.02. The van der Waals surface area contributed by atoms with Crippen LogP contribution < -0.4 is 16.2 Å². The van der Waals surface area contributed by atoms with Crippen molar-refractivity contribution in [1.29, 1.82) is 0 Å². The van der Waals surface area contributed by atoms with Gasteiger partial charge >= 0.3 is 0 Å². The number of amides is 2. The van der Waals surface area contributed by atoms with Crippen molar-refractivity contribution in [3.8, 4) is 0 Å². The van der Waals surface area contributed by atoms with Gasteiger partial charge in [0.05, 0.1) is 16.7 Å². The molecule has 0 aliphatic carbocycles. The lowest BCUT2D eigenvalue weighted by molar-refractivity contribution is -0.113. The van der Waals surface area contributed by atoms with Crippen molar-refractivity contribution >= 4 is 45.9 Å². The number of benzene rings is 2. The molecule has 2 amide bonds. The Balaban J connectivity index is 1.72. The number of aromatic nitrogens is 4. The Morgan fingerprint density at radius 1 is 1.14 bits per heavy atom. The first-order chi connectivity index (χ1) is 17.3. The highest BCUT2D eigenvalue weighted by atomic mass is 32.2. The molecule has 188 valence electrons. The fourth-order valence-electron chi connectivity index (χ4n) is 3.74. The minimum absolute atomic E-state index is 0.00315. The third kappa shape index (κ3) is 5.25. The predicted octanol–water partition coefficient (Wildman–Crippen LogP) is 3.85. The van der Waals surface area contributed by atoms with Crippen molar-refractivity contribution in [1.82, 2.24) is 24.5 Å². The molecule has 0 radical (unpaired) electrons. The average Bonchev–Trinajstić information content (AvgIpc) is 3.29. The first-order valence-corrected chi connectivity index (χ1v) is 12.7. The van der Waals surface area contributed by atoms with Crippen molar-refractivity contribution in [3.63, 3.8) is 0 Å². The van der Waals surface area contributed by atoms with Gasteiger partial charge in [0, 0.05) is 23.8 Å². The van der Waals surface area contributed by atoms with E-state index in [0.717, 1.165) is 18.2 Å². The van der Waals surface area contributed by atoms with Crippen LogP contribution in [0.1, 0.15) is 44.0 Å². The third-order valence-electron chi connectivity index (χ3n) is 5.71. The van der Waals surface area contributed by atoms with Crippen LogP contribution in [0.3, 0.4) is 0 Å². The number of anilines is 1. The number of halogens is 1. The van der Waals surface area contributed by atoms with Crippen LogP contribution >= 0.6 is 11.8 Å². The minimum Gasteiger partial charge on any atom is -0.350 e. The van der Waals surface area contributed by atoms with Crippen LogP contribution in [0.25, 0.3) is 16.7 Å². The summed E-state index contributed by atoms with van der Waals surface area (Å²) in [4.78, 5) is 38.5. The highest BCUT2D eigenvalue weighted by Gasteiger charge is 2.19. The molecule has 0 aliphatic heterocycles. The van der Waals surface area contributed by atoms with Crippen LogP contribution in [0.5, 0.6) is 0 Å². The van der Waals surface area contributed by atoms with Gasteiger partial charge in [-0.15, -0.1) is 10.2 Å². The smallest absolute Gasteiger partial charge is 0.262 e. The molecule has 4 aromatic rings. The second-order valence-electron chi connectivity index (χ2n) is 8.44. The molecule has 0 aliphatic rings. The molecule has 4 rings (SSSR count). The number of nitrogens with zero attached hydrogens (tertiary/aromatic N) is 4. The van der Waals surface area contributed by atoms with Gasteiger partial charge in [-0.3, -0.25) is 23.4 Å². The lowest BCUT2D eigenvalue weighted by atomic mass is 10.1. The predicted molar refractivity (Wildman–Crippen MR) is 138 cm³/mol. The SMILES string of the molecule is CCCn1c(=O)c2ccc(C(=O)NC(C)CC)cc2n2c(SCC(=O)Nc3cccc(F)c3)nnc12. The molecule has 2 aromatic carbocycles. The normalized spacial score (nSPS) is 12.1. The Labute approximate surface area is 211 Å². The van der Waals surface area contributed by atoms with Crippen molar-refractivity contribution in [3.05, 3.63) is 64.2 Å². The summed E-state index contributed by atoms with van der Waals surface area (Å²) in [5.74, 6) is -0.713. The van der Waals surface area contributed by atoms with Crippen molar-refractivity contribution < 1.29 is 14.0 Å². The summed E-state index contributed by atoms with van der Waals surface area (Å²) in [7, 11) is 0. The Morgan fingerprint density at radius 2 is 1.94 bits per heavy atom. The number of hydrogen-bond donors (Lipinski definition) is 2. The summed E-state index contributed by atoms with van der Waals surface area (Å²) in [5, 5.41) is 14.9. The maximum absolute atomic E-state index is 13.4. The molecule has 2 aromatic heterocycles. The van der Waals surface area contributed by atoms with E-state index in [9.17, 15) is 18.8 Å². The quantitative estimate of drug-likeness (QED) is 0.331. The van der Waals surface area contributed by atoms with Crippen LogP contribution in [0, 0.1) is 5.82 Å².